The summed E-state index contributed by atoms with van der Waals surface area (Å²) in [6.45, 7) is 0.523. The Labute approximate surface area is 176 Å². The lowest BCUT2D eigenvalue weighted by Crippen LogP contribution is -2.20. The molecule has 1 aromatic carbocycles. The number of methoxy groups -OCH3 is 1. The van der Waals surface area contributed by atoms with Crippen molar-refractivity contribution in [1.29, 1.82) is 0 Å². The summed E-state index contributed by atoms with van der Waals surface area (Å²) >= 11 is 0. The van der Waals surface area contributed by atoms with E-state index < -0.39 is 5.69 Å². The van der Waals surface area contributed by atoms with Gasteiger partial charge < -0.3 is 20.1 Å². The van der Waals surface area contributed by atoms with Crippen LogP contribution in [0.3, 0.4) is 0 Å². The molecule has 0 unspecified atom stereocenters. The predicted octanol–water partition coefficient (Wildman–Crippen LogP) is 0.683. The van der Waals surface area contributed by atoms with Crippen molar-refractivity contribution in [2.75, 3.05) is 12.4 Å². The Morgan fingerprint density at radius 2 is 2.19 bits per heavy atom. The van der Waals surface area contributed by atoms with Crippen molar-refractivity contribution >= 4 is 17.5 Å². The van der Waals surface area contributed by atoms with Crippen LogP contribution in [0.4, 0.5) is 5.82 Å². The molecule has 10 heteroatoms. The Morgan fingerprint density at radius 1 is 1.35 bits per heavy atom. The highest BCUT2D eigenvalue weighted by Crippen LogP contribution is 2.22. The van der Waals surface area contributed by atoms with Gasteiger partial charge in [-0.25, -0.2) is 9.78 Å². The number of ether oxygens (including phenoxy) is 1. The molecule has 5 rings (SSSR count). The fourth-order valence-corrected chi connectivity index (χ4v) is 3.32. The Bertz CT molecular complexity index is 1430. The quantitative estimate of drug-likeness (QED) is 0.363. The second-order valence-corrected chi connectivity index (χ2v) is 7.35. The average molecular weight is 419 g/mol. The van der Waals surface area contributed by atoms with Gasteiger partial charge in [0.1, 0.15) is 17.3 Å². The van der Waals surface area contributed by atoms with E-state index in [1.807, 2.05) is 30.3 Å². The number of H-pyrrole nitrogens is 2. The van der Waals surface area contributed by atoms with Gasteiger partial charge in [-0.05, 0) is 25.0 Å². The van der Waals surface area contributed by atoms with Gasteiger partial charge in [-0.1, -0.05) is 18.2 Å². The first-order chi connectivity index (χ1) is 15.1. The molecule has 0 atom stereocenters. The molecular weight excluding hydrogens is 398 g/mol. The van der Waals surface area contributed by atoms with Gasteiger partial charge >= 0.3 is 5.69 Å². The van der Waals surface area contributed by atoms with Gasteiger partial charge in [0, 0.05) is 23.4 Å². The zero-order valence-electron chi connectivity index (χ0n) is 16.8. The molecule has 4 N–H and O–H groups in total. The van der Waals surface area contributed by atoms with Crippen LogP contribution in [0.2, 0.25) is 0 Å². The number of rotatable bonds is 6. The minimum atomic E-state index is -0.489. The number of aromatic nitrogens is 5. The molecule has 0 spiro atoms. The zero-order chi connectivity index (χ0) is 21.4. The lowest BCUT2D eigenvalue weighted by Gasteiger charge is -2.10. The summed E-state index contributed by atoms with van der Waals surface area (Å²) in [4.78, 5) is 25.7. The first-order valence-electron chi connectivity index (χ1n) is 9.92. The predicted molar refractivity (Wildman–Crippen MR) is 114 cm³/mol. The van der Waals surface area contributed by atoms with Gasteiger partial charge in [-0.15, -0.1) is 0 Å². The topological polar surface area (TPSA) is 133 Å². The molecule has 3 heterocycles. The molecule has 0 saturated heterocycles. The molecule has 1 aliphatic rings. The van der Waals surface area contributed by atoms with E-state index in [-0.39, 0.29) is 11.6 Å². The van der Waals surface area contributed by atoms with Crippen molar-refractivity contribution < 1.29 is 9.84 Å². The second-order valence-electron chi connectivity index (χ2n) is 7.35. The van der Waals surface area contributed by atoms with Crippen molar-refractivity contribution in [2.24, 2.45) is 4.99 Å². The first-order valence-corrected chi connectivity index (χ1v) is 9.92. The van der Waals surface area contributed by atoms with Crippen LogP contribution in [-0.2, 0) is 6.54 Å². The van der Waals surface area contributed by atoms with Crippen LogP contribution in [0.1, 0.15) is 24.1 Å². The summed E-state index contributed by atoms with van der Waals surface area (Å²) in [5.41, 5.74) is 2.03. The van der Waals surface area contributed by atoms with E-state index in [0.29, 0.717) is 34.8 Å². The number of nitrogens with zero attached hydrogens (tertiary/aromatic N) is 4. The van der Waals surface area contributed by atoms with Crippen molar-refractivity contribution in [1.82, 2.24) is 24.6 Å². The molecule has 158 valence electrons. The van der Waals surface area contributed by atoms with Crippen molar-refractivity contribution in [3.63, 3.8) is 0 Å². The van der Waals surface area contributed by atoms with E-state index in [4.69, 9.17) is 14.7 Å². The third-order valence-electron chi connectivity index (χ3n) is 5.03. The normalized spacial score (nSPS) is 15.0. The summed E-state index contributed by atoms with van der Waals surface area (Å²) in [6, 6.07) is 9.95. The molecule has 10 nitrogen and oxygen atoms in total. The van der Waals surface area contributed by atoms with Crippen LogP contribution in [0.5, 0.6) is 11.6 Å². The van der Waals surface area contributed by atoms with Crippen LogP contribution >= 0.6 is 0 Å². The maximum Gasteiger partial charge on any atom is 0.326 e. The third kappa shape index (κ3) is 3.87. The Morgan fingerprint density at radius 3 is 2.94 bits per heavy atom. The van der Waals surface area contributed by atoms with Crippen LogP contribution in [-0.4, -0.2) is 42.8 Å². The van der Waals surface area contributed by atoms with E-state index >= 15 is 0 Å². The SMILES string of the molecule is COc1ccccc1CNc1cc(=NC2CC2)n2nc/c(=C/c3[nH]c(=O)[nH]c3O)c2n1. The highest BCUT2D eigenvalue weighted by molar-refractivity contribution is 5.58. The minimum Gasteiger partial charge on any atom is -0.496 e. The molecule has 0 bridgehead atoms. The third-order valence-corrected chi connectivity index (χ3v) is 5.03. The second kappa shape index (κ2) is 7.63. The number of hydrogen-bond acceptors (Lipinski definition) is 7. The summed E-state index contributed by atoms with van der Waals surface area (Å²) in [6.07, 6.45) is 5.37. The van der Waals surface area contributed by atoms with E-state index in [2.05, 4.69) is 20.4 Å². The molecule has 0 radical (unpaired) electrons. The number of hydrogen-bond donors (Lipinski definition) is 4. The minimum absolute atomic E-state index is 0.238. The van der Waals surface area contributed by atoms with E-state index in [0.717, 1.165) is 24.2 Å². The van der Waals surface area contributed by atoms with Gasteiger partial charge in [0.2, 0.25) is 5.88 Å². The van der Waals surface area contributed by atoms with Gasteiger partial charge in [-0.2, -0.15) is 9.61 Å². The maximum atomic E-state index is 11.4. The molecule has 4 aromatic rings. The van der Waals surface area contributed by atoms with Crippen LogP contribution < -0.4 is 26.4 Å². The number of para-hydroxylation sites is 1. The zero-order valence-corrected chi connectivity index (χ0v) is 16.8. The highest BCUT2D eigenvalue weighted by atomic mass is 16.5. The Kier molecular flexibility index (Phi) is 4.66. The molecule has 1 saturated carbocycles. The summed E-state index contributed by atoms with van der Waals surface area (Å²) < 4.78 is 7.09. The summed E-state index contributed by atoms with van der Waals surface area (Å²) in [7, 11) is 1.64. The fraction of sp³-hybridized carbons (Fsp3) is 0.238. The monoisotopic (exact) mass is 419 g/mol. The molecule has 1 aliphatic carbocycles. The molecule has 0 amide bonds. The standard InChI is InChI=1S/C21H21N7O3/c1-31-16-5-3-2-4-12(16)10-22-17-9-18(24-14-6-7-14)28-19(26-17)13(11-23-28)8-15-20(29)27-21(30)25-15/h2-5,8-9,11,14,22,29H,6-7,10H2,1H3,(H2,25,27,30)/b13-8-,24-18?. The van der Waals surface area contributed by atoms with Gasteiger partial charge in [0.25, 0.3) is 0 Å². The van der Waals surface area contributed by atoms with Crippen LogP contribution in [0.25, 0.3) is 11.7 Å². The van der Waals surface area contributed by atoms with Crippen molar-refractivity contribution in [3.05, 3.63) is 69.0 Å². The Balaban J connectivity index is 1.59. The fourth-order valence-electron chi connectivity index (χ4n) is 3.32. The number of nitrogens with one attached hydrogen (secondary N) is 3. The van der Waals surface area contributed by atoms with Crippen LogP contribution in [0.15, 0.2) is 46.3 Å². The summed E-state index contributed by atoms with van der Waals surface area (Å²) in [5, 5.41) is 18.3. The van der Waals surface area contributed by atoms with E-state index in [9.17, 15) is 9.90 Å². The number of imidazole rings is 1. The largest absolute Gasteiger partial charge is 0.496 e. The smallest absolute Gasteiger partial charge is 0.326 e. The molecule has 1 fully saturated rings. The molecule has 0 aliphatic heterocycles. The van der Waals surface area contributed by atoms with Gasteiger partial charge in [-0.3, -0.25) is 9.98 Å². The number of anilines is 1. The van der Waals surface area contributed by atoms with Gasteiger partial charge in [0.15, 0.2) is 11.1 Å². The number of aromatic amines is 2. The van der Waals surface area contributed by atoms with Crippen molar-refractivity contribution in [2.45, 2.75) is 25.4 Å². The number of fused-ring (bicyclic) bond motifs is 1. The lowest BCUT2D eigenvalue weighted by atomic mass is 10.2. The Hall–Kier alpha value is -4.08. The number of aromatic hydroxyl groups is 1. The summed E-state index contributed by atoms with van der Waals surface area (Å²) in [5.74, 6) is 1.20. The first kappa shape index (κ1) is 18.9. The lowest BCUT2D eigenvalue weighted by molar-refractivity contribution is 0.410. The van der Waals surface area contributed by atoms with Gasteiger partial charge in [0.05, 0.1) is 19.3 Å². The van der Waals surface area contributed by atoms with Crippen LogP contribution in [0, 0.1) is 0 Å². The maximum absolute atomic E-state index is 11.4. The highest BCUT2D eigenvalue weighted by Gasteiger charge is 2.20. The van der Waals surface area contributed by atoms with E-state index in [1.54, 1.807) is 23.9 Å². The van der Waals surface area contributed by atoms with Crippen molar-refractivity contribution in [3.8, 4) is 11.6 Å². The van der Waals surface area contributed by atoms with E-state index in [1.165, 1.54) is 0 Å². The molecule has 31 heavy (non-hydrogen) atoms. The number of benzene rings is 1. The molecular formula is C21H21N7O3. The average Bonchev–Trinajstić information content (AvgIpc) is 3.41. The molecule has 3 aromatic heterocycles.